The van der Waals surface area contributed by atoms with Gasteiger partial charge in [-0.05, 0) is 43.3 Å². The number of benzene rings is 1. The van der Waals surface area contributed by atoms with E-state index in [1.807, 2.05) is 19.9 Å². The van der Waals surface area contributed by atoms with Gasteiger partial charge in [-0.25, -0.2) is 0 Å². The van der Waals surface area contributed by atoms with Gasteiger partial charge < -0.3 is 15.4 Å². The van der Waals surface area contributed by atoms with Crippen LogP contribution in [0.4, 0.5) is 10.8 Å². The van der Waals surface area contributed by atoms with Crippen LogP contribution in [0.5, 0.6) is 5.75 Å². The van der Waals surface area contributed by atoms with Gasteiger partial charge >= 0.3 is 0 Å². The Kier molecular flexibility index (Phi) is 7.77. The average Bonchev–Trinajstić information content (AvgIpc) is 3.36. The fourth-order valence-corrected chi connectivity index (χ4v) is 5.23. The van der Waals surface area contributed by atoms with Gasteiger partial charge in [-0.1, -0.05) is 40.8 Å². The second kappa shape index (κ2) is 10.3. The zero-order valence-corrected chi connectivity index (χ0v) is 19.4. The Morgan fingerprint density at radius 1 is 1.38 bits per heavy atom. The number of aryl methyl sites for hydroxylation is 1. The molecule has 0 saturated heterocycles. The molecule has 0 fully saturated rings. The molecule has 3 aromatic rings. The van der Waals surface area contributed by atoms with Crippen LogP contribution in [0.1, 0.15) is 17.4 Å². The van der Waals surface area contributed by atoms with E-state index < -0.39 is 0 Å². The molecule has 29 heavy (non-hydrogen) atoms. The van der Waals surface area contributed by atoms with Crippen molar-refractivity contribution >= 4 is 62.8 Å². The first kappa shape index (κ1) is 21.9. The number of thioether (sulfide) groups is 1. The quantitative estimate of drug-likeness (QED) is 0.412. The number of amides is 1. The van der Waals surface area contributed by atoms with Gasteiger partial charge in [0.15, 0.2) is 4.34 Å². The lowest BCUT2D eigenvalue weighted by atomic mass is 10.2. The van der Waals surface area contributed by atoms with E-state index in [4.69, 9.17) is 16.3 Å². The van der Waals surface area contributed by atoms with E-state index in [2.05, 4.69) is 32.3 Å². The van der Waals surface area contributed by atoms with Gasteiger partial charge in [-0.15, -0.1) is 21.5 Å². The molecule has 6 nitrogen and oxygen atoms in total. The number of aromatic nitrogens is 2. The molecule has 154 valence electrons. The van der Waals surface area contributed by atoms with Gasteiger partial charge in [0.05, 0.1) is 18.0 Å². The van der Waals surface area contributed by atoms with E-state index in [-0.39, 0.29) is 11.2 Å². The summed E-state index contributed by atoms with van der Waals surface area (Å²) in [5.74, 6) is 0.386. The van der Waals surface area contributed by atoms with Crippen molar-refractivity contribution in [1.29, 1.82) is 0 Å². The summed E-state index contributed by atoms with van der Waals surface area (Å²) in [4.78, 5) is 13.9. The number of thiophene rings is 1. The first-order chi connectivity index (χ1) is 14.0. The normalized spacial score (nSPS) is 11.9. The average molecular weight is 469 g/mol. The highest BCUT2D eigenvalue weighted by Gasteiger charge is 2.19. The molecule has 1 aromatic carbocycles. The van der Waals surface area contributed by atoms with Crippen molar-refractivity contribution in [2.24, 2.45) is 0 Å². The Balaban J connectivity index is 1.53. The van der Waals surface area contributed by atoms with Crippen LogP contribution in [-0.2, 0) is 11.2 Å². The lowest BCUT2D eigenvalue weighted by Crippen LogP contribution is -2.22. The Morgan fingerprint density at radius 2 is 2.21 bits per heavy atom. The lowest BCUT2D eigenvalue weighted by molar-refractivity contribution is -0.115. The predicted octanol–water partition coefficient (Wildman–Crippen LogP) is 5.34. The van der Waals surface area contributed by atoms with Crippen LogP contribution >= 0.6 is 46.0 Å². The van der Waals surface area contributed by atoms with Gasteiger partial charge in [-0.2, -0.15) is 0 Å². The number of rotatable bonds is 9. The number of nitrogens with one attached hydrogen (secondary N) is 2. The van der Waals surface area contributed by atoms with Crippen LogP contribution in [0.25, 0.3) is 0 Å². The maximum absolute atomic E-state index is 12.6. The molecule has 0 aliphatic carbocycles. The van der Waals surface area contributed by atoms with E-state index in [9.17, 15) is 4.79 Å². The highest BCUT2D eigenvalue weighted by atomic mass is 35.5. The van der Waals surface area contributed by atoms with Crippen molar-refractivity contribution < 1.29 is 9.53 Å². The maximum Gasteiger partial charge on any atom is 0.237 e. The first-order valence-electron chi connectivity index (χ1n) is 8.87. The molecular formula is C19H21ClN4O2S3. The first-order valence-corrected chi connectivity index (χ1v) is 11.8. The zero-order valence-electron chi connectivity index (χ0n) is 16.2. The van der Waals surface area contributed by atoms with Crippen LogP contribution in [0.15, 0.2) is 34.0 Å². The van der Waals surface area contributed by atoms with E-state index in [1.54, 1.807) is 30.6 Å². The molecule has 2 heterocycles. The molecule has 0 aliphatic heterocycles. The summed E-state index contributed by atoms with van der Waals surface area (Å²) >= 11 is 10.7. The number of hydrogen-bond acceptors (Lipinski definition) is 8. The van der Waals surface area contributed by atoms with Crippen molar-refractivity contribution in [3.63, 3.8) is 0 Å². The summed E-state index contributed by atoms with van der Waals surface area (Å²) in [5.41, 5.74) is 1.46. The van der Waals surface area contributed by atoms with Crippen molar-refractivity contribution in [3.8, 4) is 5.75 Å². The summed E-state index contributed by atoms with van der Waals surface area (Å²) in [6, 6.07) is 7.67. The highest BCUT2D eigenvalue weighted by molar-refractivity contribution is 8.02. The second-order valence-corrected chi connectivity index (χ2v) is 10.2. The molecule has 2 aromatic heterocycles. The van der Waals surface area contributed by atoms with Crippen molar-refractivity contribution in [2.75, 3.05) is 24.3 Å². The van der Waals surface area contributed by atoms with Crippen LogP contribution in [0.2, 0.25) is 5.02 Å². The van der Waals surface area contributed by atoms with Gasteiger partial charge in [0.2, 0.25) is 11.0 Å². The molecule has 0 aliphatic rings. The summed E-state index contributed by atoms with van der Waals surface area (Å²) in [7, 11) is 1.54. The highest BCUT2D eigenvalue weighted by Crippen LogP contribution is 2.33. The van der Waals surface area contributed by atoms with Gasteiger partial charge in [0.1, 0.15) is 5.75 Å². The largest absolute Gasteiger partial charge is 0.495 e. The maximum atomic E-state index is 12.6. The minimum atomic E-state index is -0.345. The van der Waals surface area contributed by atoms with Crippen molar-refractivity contribution in [2.45, 2.75) is 29.9 Å². The Hall–Kier alpha value is -1.81. The number of carbonyl (C=O) groups is 1. The van der Waals surface area contributed by atoms with E-state index >= 15 is 0 Å². The SMILES string of the molecule is COc1cc(Cl)c(C)cc1NC(=O)C(C)Sc1nnc(NCCc2cccs2)s1. The van der Waals surface area contributed by atoms with Crippen LogP contribution in [0.3, 0.4) is 0 Å². The molecule has 10 heteroatoms. The lowest BCUT2D eigenvalue weighted by Gasteiger charge is -2.14. The number of nitrogens with zero attached hydrogens (tertiary/aromatic N) is 2. The van der Waals surface area contributed by atoms with Gasteiger partial charge in [0, 0.05) is 22.5 Å². The topological polar surface area (TPSA) is 76.1 Å². The van der Waals surface area contributed by atoms with Crippen LogP contribution in [0, 0.1) is 6.92 Å². The molecule has 0 bridgehead atoms. The number of hydrogen-bond donors (Lipinski definition) is 2. The number of anilines is 2. The van der Waals surface area contributed by atoms with Gasteiger partial charge in [-0.3, -0.25) is 4.79 Å². The number of carbonyl (C=O) groups excluding carboxylic acids is 1. The zero-order chi connectivity index (χ0) is 20.8. The third-order valence-electron chi connectivity index (χ3n) is 4.02. The fraction of sp³-hybridized carbons (Fsp3) is 0.316. The summed E-state index contributed by atoms with van der Waals surface area (Å²) in [6.45, 7) is 4.51. The second-order valence-electron chi connectivity index (χ2n) is 6.18. The minimum Gasteiger partial charge on any atom is -0.495 e. The summed E-state index contributed by atoms with van der Waals surface area (Å²) < 4.78 is 6.06. The minimum absolute atomic E-state index is 0.141. The molecule has 1 unspecified atom stereocenters. The molecule has 3 rings (SSSR count). The monoisotopic (exact) mass is 468 g/mol. The van der Waals surface area contributed by atoms with Crippen molar-refractivity contribution in [1.82, 2.24) is 10.2 Å². The fourth-order valence-electron chi connectivity index (χ4n) is 2.45. The molecule has 0 saturated carbocycles. The van der Waals surface area contributed by atoms with E-state index in [1.165, 1.54) is 28.0 Å². The summed E-state index contributed by atoms with van der Waals surface area (Å²) in [6.07, 6.45) is 0.945. The van der Waals surface area contributed by atoms with Crippen LogP contribution in [-0.4, -0.2) is 35.0 Å². The molecule has 0 spiro atoms. The Bertz CT molecular complexity index is 963. The number of ether oxygens (including phenoxy) is 1. The molecule has 2 N–H and O–H groups in total. The standard InChI is InChI=1S/C19H21ClN4O2S3/c1-11-9-15(16(26-3)10-14(11)20)22-17(25)12(2)28-19-24-23-18(29-19)21-7-6-13-5-4-8-27-13/h4-5,8-10,12H,6-7H2,1-3H3,(H,21,23)(H,22,25). The Morgan fingerprint density at radius 3 is 2.93 bits per heavy atom. The molecule has 0 radical (unpaired) electrons. The van der Waals surface area contributed by atoms with Crippen molar-refractivity contribution in [3.05, 3.63) is 45.1 Å². The van der Waals surface area contributed by atoms with E-state index in [0.717, 1.165) is 28.0 Å². The number of methoxy groups -OCH3 is 1. The summed E-state index contributed by atoms with van der Waals surface area (Å²) in [5, 5.41) is 17.6. The number of halogens is 1. The molecule has 1 amide bonds. The third kappa shape index (κ3) is 6.08. The molecule has 1 atom stereocenters. The van der Waals surface area contributed by atoms with E-state index in [0.29, 0.717) is 16.5 Å². The third-order valence-corrected chi connectivity index (χ3v) is 7.43. The smallest absolute Gasteiger partial charge is 0.237 e. The van der Waals surface area contributed by atoms with Gasteiger partial charge in [0.25, 0.3) is 0 Å². The molecular weight excluding hydrogens is 448 g/mol. The van der Waals surface area contributed by atoms with Crippen LogP contribution < -0.4 is 15.4 Å². The predicted molar refractivity (Wildman–Crippen MR) is 123 cm³/mol. The Labute approximate surface area is 187 Å².